The third kappa shape index (κ3) is 3.68. The molecule has 0 radical (unpaired) electrons. The Hall–Kier alpha value is -0.0400. The van der Waals surface area contributed by atoms with Crippen molar-refractivity contribution in [1.82, 2.24) is 4.90 Å². The molecule has 1 aliphatic carbocycles. The highest BCUT2D eigenvalue weighted by Crippen LogP contribution is 2.31. The summed E-state index contributed by atoms with van der Waals surface area (Å²) in [6.45, 7) is 7.17. The summed E-state index contributed by atoms with van der Waals surface area (Å²) >= 11 is 0. The SMILES string of the molecule is CCN(C)CCC1CCCCC1C. The summed E-state index contributed by atoms with van der Waals surface area (Å²) in [5.41, 5.74) is 0. The molecule has 0 aromatic heterocycles. The lowest BCUT2D eigenvalue weighted by atomic mass is 9.78. The van der Waals surface area contributed by atoms with Gasteiger partial charge in [0.1, 0.15) is 0 Å². The van der Waals surface area contributed by atoms with Crippen molar-refractivity contribution in [3.05, 3.63) is 0 Å². The summed E-state index contributed by atoms with van der Waals surface area (Å²) in [6, 6.07) is 0. The van der Waals surface area contributed by atoms with Crippen molar-refractivity contribution >= 4 is 0 Å². The van der Waals surface area contributed by atoms with Crippen LogP contribution in [0.15, 0.2) is 0 Å². The van der Waals surface area contributed by atoms with Crippen LogP contribution in [0.5, 0.6) is 0 Å². The molecule has 0 aliphatic heterocycles. The van der Waals surface area contributed by atoms with Crippen LogP contribution in [0, 0.1) is 11.8 Å². The van der Waals surface area contributed by atoms with Gasteiger partial charge in [0.15, 0.2) is 0 Å². The first-order valence-electron chi connectivity index (χ1n) is 5.92. The predicted molar refractivity (Wildman–Crippen MR) is 58.9 cm³/mol. The molecule has 1 heteroatoms. The Bertz CT molecular complexity index is 133. The van der Waals surface area contributed by atoms with Crippen molar-refractivity contribution in [3.8, 4) is 0 Å². The molecule has 1 rings (SSSR count). The van der Waals surface area contributed by atoms with E-state index in [2.05, 4.69) is 25.8 Å². The maximum Gasteiger partial charge on any atom is -0.00192 e. The molecular formula is C12H25N. The van der Waals surface area contributed by atoms with Gasteiger partial charge in [-0.05, 0) is 38.4 Å². The van der Waals surface area contributed by atoms with E-state index in [1.165, 1.54) is 45.2 Å². The molecule has 0 saturated heterocycles. The molecule has 0 aromatic carbocycles. The number of rotatable bonds is 4. The molecule has 0 amide bonds. The maximum absolute atomic E-state index is 2.44. The molecule has 1 aliphatic rings. The first kappa shape index (κ1) is 11.0. The molecule has 0 spiro atoms. The van der Waals surface area contributed by atoms with Crippen LogP contribution >= 0.6 is 0 Å². The minimum absolute atomic E-state index is 0.985. The van der Waals surface area contributed by atoms with Crippen LogP contribution in [-0.2, 0) is 0 Å². The molecule has 1 saturated carbocycles. The molecule has 0 aromatic rings. The van der Waals surface area contributed by atoms with E-state index in [9.17, 15) is 0 Å². The monoisotopic (exact) mass is 183 g/mol. The van der Waals surface area contributed by atoms with Gasteiger partial charge in [0, 0.05) is 0 Å². The van der Waals surface area contributed by atoms with E-state index in [-0.39, 0.29) is 0 Å². The second kappa shape index (κ2) is 5.64. The van der Waals surface area contributed by atoms with E-state index < -0.39 is 0 Å². The van der Waals surface area contributed by atoms with Gasteiger partial charge in [0.2, 0.25) is 0 Å². The van der Waals surface area contributed by atoms with Gasteiger partial charge in [0.05, 0.1) is 0 Å². The molecule has 1 nitrogen and oxygen atoms in total. The third-order valence-electron chi connectivity index (χ3n) is 3.71. The number of nitrogens with zero attached hydrogens (tertiary/aromatic N) is 1. The van der Waals surface area contributed by atoms with Gasteiger partial charge in [-0.1, -0.05) is 39.5 Å². The van der Waals surface area contributed by atoms with Crippen molar-refractivity contribution in [2.24, 2.45) is 11.8 Å². The first-order valence-corrected chi connectivity index (χ1v) is 5.92. The molecule has 13 heavy (non-hydrogen) atoms. The summed E-state index contributed by atoms with van der Waals surface area (Å²) in [6.07, 6.45) is 7.33. The molecule has 2 unspecified atom stereocenters. The van der Waals surface area contributed by atoms with Gasteiger partial charge in [-0.25, -0.2) is 0 Å². The van der Waals surface area contributed by atoms with Crippen LogP contribution in [0.4, 0.5) is 0 Å². The van der Waals surface area contributed by atoms with E-state index in [0.29, 0.717) is 0 Å². The third-order valence-corrected chi connectivity index (χ3v) is 3.71. The highest BCUT2D eigenvalue weighted by Gasteiger charge is 2.20. The molecule has 2 atom stereocenters. The fraction of sp³-hybridized carbons (Fsp3) is 1.00. The summed E-state index contributed by atoms with van der Waals surface area (Å²) in [5.74, 6) is 2.00. The van der Waals surface area contributed by atoms with Crippen molar-refractivity contribution in [2.45, 2.75) is 46.0 Å². The van der Waals surface area contributed by atoms with Crippen molar-refractivity contribution in [1.29, 1.82) is 0 Å². The topological polar surface area (TPSA) is 3.24 Å². The van der Waals surface area contributed by atoms with Crippen molar-refractivity contribution in [3.63, 3.8) is 0 Å². The largest absolute Gasteiger partial charge is 0.307 e. The Morgan fingerprint density at radius 2 is 1.92 bits per heavy atom. The summed E-state index contributed by atoms with van der Waals surface area (Å²) in [5, 5.41) is 0. The molecular weight excluding hydrogens is 158 g/mol. The average molecular weight is 183 g/mol. The van der Waals surface area contributed by atoms with E-state index in [0.717, 1.165) is 11.8 Å². The van der Waals surface area contributed by atoms with Crippen LogP contribution in [0.1, 0.15) is 46.0 Å². The fourth-order valence-electron chi connectivity index (χ4n) is 2.37. The molecule has 0 heterocycles. The van der Waals surface area contributed by atoms with Crippen LogP contribution in [-0.4, -0.2) is 25.0 Å². The quantitative estimate of drug-likeness (QED) is 0.647. The lowest BCUT2D eigenvalue weighted by Gasteiger charge is -2.30. The van der Waals surface area contributed by atoms with E-state index in [1.807, 2.05) is 0 Å². The minimum Gasteiger partial charge on any atom is -0.307 e. The molecule has 1 fully saturated rings. The van der Waals surface area contributed by atoms with E-state index >= 15 is 0 Å². The Labute approximate surface area is 83.5 Å². The standard InChI is InChI=1S/C12H25N/c1-4-13(3)10-9-12-8-6-5-7-11(12)2/h11-12H,4-10H2,1-3H3. The first-order chi connectivity index (χ1) is 6.24. The van der Waals surface area contributed by atoms with E-state index in [1.54, 1.807) is 0 Å². The zero-order chi connectivity index (χ0) is 9.68. The van der Waals surface area contributed by atoms with Crippen LogP contribution in [0.3, 0.4) is 0 Å². The smallest absolute Gasteiger partial charge is 0.00192 e. The fourth-order valence-corrected chi connectivity index (χ4v) is 2.37. The Morgan fingerprint density at radius 3 is 2.54 bits per heavy atom. The Morgan fingerprint density at radius 1 is 1.23 bits per heavy atom. The highest BCUT2D eigenvalue weighted by molar-refractivity contribution is 4.72. The molecule has 0 bridgehead atoms. The zero-order valence-electron chi connectivity index (χ0n) is 9.55. The second-order valence-corrected chi connectivity index (χ2v) is 4.71. The van der Waals surface area contributed by atoms with Gasteiger partial charge in [-0.2, -0.15) is 0 Å². The van der Waals surface area contributed by atoms with Crippen molar-refractivity contribution in [2.75, 3.05) is 20.1 Å². The van der Waals surface area contributed by atoms with E-state index in [4.69, 9.17) is 0 Å². The van der Waals surface area contributed by atoms with Gasteiger partial charge < -0.3 is 4.90 Å². The van der Waals surface area contributed by atoms with Gasteiger partial charge >= 0.3 is 0 Å². The van der Waals surface area contributed by atoms with Gasteiger partial charge in [-0.3, -0.25) is 0 Å². The average Bonchev–Trinajstić information content (AvgIpc) is 2.16. The number of hydrogen-bond donors (Lipinski definition) is 0. The summed E-state index contributed by atoms with van der Waals surface area (Å²) in [4.78, 5) is 2.43. The summed E-state index contributed by atoms with van der Waals surface area (Å²) < 4.78 is 0. The highest BCUT2D eigenvalue weighted by atomic mass is 15.1. The minimum atomic E-state index is 0.985. The molecule has 78 valence electrons. The van der Waals surface area contributed by atoms with Crippen LogP contribution in [0.25, 0.3) is 0 Å². The number of hydrogen-bond acceptors (Lipinski definition) is 1. The maximum atomic E-state index is 2.44. The van der Waals surface area contributed by atoms with Crippen LogP contribution in [0.2, 0.25) is 0 Å². The van der Waals surface area contributed by atoms with Crippen molar-refractivity contribution < 1.29 is 0 Å². The lowest BCUT2D eigenvalue weighted by Crippen LogP contribution is -2.25. The van der Waals surface area contributed by atoms with Gasteiger partial charge in [0.25, 0.3) is 0 Å². The lowest BCUT2D eigenvalue weighted by molar-refractivity contribution is 0.212. The summed E-state index contributed by atoms with van der Waals surface area (Å²) in [7, 11) is 2.23. The normalized spacial score (nSPS) is 29.5. The Kier molecular flexibility index (Phi) is 4.79. The predicted octanol–water partition coefficient (Wildman–Crippen LogP) is 3.15. The molecule has 0 N–H and O–H groups in total. The Balaban J connectivity index is 2.18. The zero-order valence-corrected chi connectivity index (χ0v) is 9.55. The van der Waals surface area contributed by atoms with Gasteiger partial charge in [-0.15, -0.1) is 0 Å². The van der Waals surface area contributed by atoms with Crippen LogP contribution < -0.4 is 0 Å². The second-order valence-electron chi connectivity index (χ2n) is 4.71.